The highest BCUT2D eigenvalue weighted by atomic mass is 31.2. The van der Waals surface area contributed by atoms with Gasteiger partial charge in [0.25, 0.3) is 8.38 Å². The minimum atomic E-state index is -1.04. The minimum Gasteiger partial charge on any atom is -0.439 e. The van der Waals surface area contributed by atoms with E-state index in [-0.39, 0.29) is 0 Å². The van der Waals surface area contributed by atoms with Crippen molar-refractivity contribution in [2.75, 3.05) is 6.66 Å². The second kappa shape index (κ2) is 6.51. The van der Waals surface area contributed by atoms with E-state index in [9.17, 15) is 0 Å². The van der Waals surface area contributed by atoms with Gasteiger partial charge in [-0.15, -0.1) is 0 Å². The average Bonchev–Trinajstić information content (AvgIpc) is 2.61. The van der Waals surface area contributed by atoms with Crippen molar-refractivity contribution in [3.05, 3.63) is 84.9 Å². The maximum Gasteiger partial charge on any atom is 0.286 e. The van der Waals surface area contributed by atoms with E-state index in [0.717, 1.165) is 11.5 Å². The number of benzene rings is 4. The fourth-order valence-corrected chi connectivity index (χ4v) is 3.62. The van der Waals surface area contributed by atoms with Gasteiger partial charge in [0.15, 0.2) is 0 Å². The Kier molecular flexibility index (Phi) is 4.06. The molecule has 0 amide bonds. The fraction of sp³-hybridized carbons (Fsp3) is 0.0476. The molecule has 0 saturated carbocycles. The molecule has 24 heavy (non-hydrogen) atoms. The van der Waals surface area contributed by atoms with Crippen LogP contribution in [-0.4, -0.2) is 6.66 Å². The third-order valence-electron chi connectivity index (χ3n) is 3.91. The van der Waals surface area contributed by atoms with Gasteiger partial charge >= 0.3 is 0 Å². The van der Waals surface area contributed by atoms with Crippen LogP contribution in [0.3, 0.4) is 0 Å². The molecule has 118 valence electrons. The zero-order chi connectivity index (χ0) is 16.4. The van der Waals surface area contributed by atoms with Gasteiger partial charge in [0.05, 0.1) is 0 Å². The number of rotatable bonds is 4. The molecule has 2 nitrogen and oxygen atoms in total. The highest BCUT2D eigenvalue weighted by Crippen LogP contribution is 2.38. The van der Waals surface area contributed by atoms with Gasteiger partial charge in [0, 0.05) is 6.66 Å². The SMILES string of the molecule is CP(Oc1ccc2ccccc2c1)Oc1ccc2ccccc2c1. The molecule has 0 atom stereocenters. The molecule has 0 heterocycles. The third-order valence-corrected chi connectivity index (χ3v) is 4.85. The normalized spacial score (nSPS) is 11.1. The van der Waals surface area contributed by atoms with E-state index in [1.807, 2.05) is 43.1 Å². The van der Waals surface area contributed by atoms with Crippen LogP contribution in [0.4, 0.5) is 0 Å². The smallest absolute Gasteiger partial charge is 0.286 e. The lowest BCUT2D eigenvalue weighted by Gasteiger charge is -2.15. The van der Waals surface area contributed by atoms with E-state index < -0.39 is 8.38 Å². The molecule has 4 aromatic carbocycles. The maximum atomic E-state index is 5.98. The molecule has 0 fully saturated rings. The van der Waals surface area contributed by atoms with Crippen LogP contribution in [0.15, 0.2) is 84.9 Å². The van der Waals surface area contributed by atoms with E-state index in [1.165, 1.54) is 21.5 Å². The molecule has 0 N–H and O–H groups in total. The lowest BCUT2D eigenvalue weighted by molar-refractivity contribution is 0.498. The van der Waals surface area contributed by atoms with E-state index in [2.05, 4.69) is 48.5 Å². The lowest BCUT2D eigenvalue weighted by atomic mass is 10.1. The molecule has 4 rings (SSSR count). The first-order valence-corrected chi connectivity index (χ1v) is 9.48. The standard InChI is InChI=1S/C21H17O2P/c1-24(22-20-12-10-16-6-2-4-8-18(16)14-20)23-21-13-11-17-7-3-5-9-19(17)15-21/h2-15H,1H3. The number of hydrogen-bond donors (Lipinski definition) is 0. The second-order valence-corrected chi connectivity index (χ2v) is 6.88. The molecule has 0 spiro atoms. The summed E-state index contributed by atoms with van der Waals surface area (Å²) < 4.78 is 12.0. The molecule has 0 unspecified atom stereocenters. The second-order valence-electron chi connectivity index (χ2n) is 5.64. The summed E-state index contributed by atoms with van der Waals surface area (Å²) in [7, 11) is -1.04. The van der Waals surface area contributed by atoms with Gasteiger partial charge in [-0.2, -0.15) is 0 Å². The van der Waals surface area contributed by atoms with E-state index in [1.54, 1.807) is 0 Å². The van der Waals surface area contributed by atoms with E-state index in [0.29, 0.717) is 0 Å². The molecular weight excluding hydrogens is 315 g/mol. The molecule has 0 aromatic heterocycles. The Hall–Kier alpha value is -2.57. The molecule has 3 heteroatoms. The van der Waals surface area contributed by atoms with Gasteiger partial charge in [-0.1, -0.05) is 60.7 Å². The number of hydrogen-bond acceptors (Lipinski definition) is 2. The van der Waals surface area contributed by atoms with Gasteiger partial charge in [0.1, 0.15) is 11.5 Å². The Balaban J connectivity index is 1.51. The quantitative estimate of drug-likeness (QED) is 0.403. The summed E-state index contributed by atoms with van der Waals surface area (Å²) in [4.78, 5) is 0. The summed E-state index contributed by atoms with van der Waals surface area (Å²) in [6.45, 7) is 1.97. The van der Waals surface area contributed by atoms with Crippen LogP contribution in [0.25, 0.3) is 21.5 Å². The summed E-state index contributed by atoms with van der Waals surface area (Å²) in [5.41, 5.74) is 0. The summed E-state index contributed by atoms with van der Waals surface area (Å²) in [6, 6.07) is 28.8. The Morgan fingerprint density at radius 1 is 0.542 bits per heavy atom. The zero-order valence-electron chi connectivity index (χ0n) is 13.3. The van der Waals surface area contributed by atoms with Crippen LogP contribution in [0.1, 0.15) is 0 Å². The maximum absolute atomic E-state index is 5.98. The van der Waals surface area contributed by atoms with Crippen LogP contribution in [0.5, 0.6) is 11.5 Å². The van der Waals surface area contributed by atoms with Gasteiger partial charge in [-0.05, 0) is 45.8 Å². The topological polar surface area (TPSA) is 18.5 Å². The fourth-order valence-electron chi connectivity index (χ4n) is 2.76. The predicted molar refractivity (Wildman–Crippen MR) is 102 cm³/mol. The monoisotopic (exact) mass is 332 g/mol. The molecule has 0 bridgehead atoms. The first kappa shape index (κ1) is 15.0. The van der Waals surface area contributed by atoms with Crippen molar-refractivity contribution in [3.63, 3.8) is 0 Å². The summed E-state index contributed by atoms with van der Waals surface area (Å²) in [5, 5.41) is 4.76. The third kappa shape index (κ3) is 3.20. The molecule has 0 aliphatic rings. The van der Waals surface area contributed by atoms with E-state index in [4.69, 9.17) is 9.05 Å². The van der Waals surface area contributed by atoms with Gasteiger partial charge in [0.2, 0.25) is 0 Å². The summed E-state index contributed by atoms with van der Waals surface area (Å²) >= 11 is 0. The van der Waals surface area contributed by atoms with Crippen molar-refractivity contribution in [2.24, 2.45) is 0 Å². The average molecular weight is 332 g/mol. The highest BCUT2D eigenvalue weighted by molar-refractivity contribution is 7.47. The van der Waals surface area contributed by atoms with Crippen LogP contribution < -0.4 is 9.05 Å². The predicted octanol–water partition coefficient (Wildman–Crippen LogP) is 6.39. The zero-order valence-corrected chi connectivity index (χ0v) is 14.2. The van der Waals surface area contributed by atoms with Crippen LogP contribution in [0.2, 0.25) is 0 Å². The summed E-state index contributed by atoms with van der Waals surface area (Å²) in [5.74, 6) is 1.67. The Morgan fingerprint density at radius 3 is 1.42 bits per heavy atom. The lowest BCUT2D eigenvalue weighted by Crippen LogP contribution is -1.94. The van der Waals surface area contributed by atoms with Crippen molar-refractivity contribution < 1.29 is 9.05 Å². The van der Waals surface area contributed by atoms with Gasteiger partial charge in [-0.3, -0.25) is 0 Å². The first-order valence-electron chi connectivity index (χ1n) is 7.85. The molecule has 4 aromatic rings. The van der Waals surface area contributed by atoms with Crippen LogP contribution in [0, 0.1) is 0 Å². The first-order chi connectivity index (χ1) is 11.8. The Bertz CT molecular complexity index is 916. The van der Waals surface area contributed by atoms with Crippen molar-refractivity contribution in [1.82, 2.24) is 0 Å². The molecular formula is C21H17O2P. The molecule has 0 aliphatic heterocycles. The van der Waals surface area contributed by atoms with Crippen molar-refractivity contribution in [3.8, 4) is 11.5 Å². The molecule has 0 radical (unpaired) electrons. The van der Waals surface area contributed by atoms with Crippen molar-refractivity contribution in [2.45, 2.75) is 0 Å². The number of fused-ring (bicyclic) bond motifs is 2. The Morgan fingerprint density at radius 2 is 0.958 bits per heavy atom. The Labute approximate surface area is 142 Å². The van der Waals surface area contributed by atoms with Crippen molar-refractivity contribution in [1.29, 1.82) is 0 Å². The molecule has 0 aliphatic carbocycles. The minimum absolute atomic E-state index is 0.836. The van der Waals surface area contributed by atoms with Crippen molar-refractivity contribution >= 4 is 29.9 Å². The van der Waals surface area contributed by atoms with Crippen LogP contribution in [-0.2, 0) is 0 Å². The van der Waals surface area contributed by atoms with Gasteiger partial charge < -0.3 is 9.05 Å². The molecule has 0 saturated heterocycles. The van der Waals surface area contributed by atoms with Gasteiger partial charge in [-0.25, -0.2) is 0 Å². The van der Waals surface area contributed by atoms with E-state index >= 15 is 0 Å². The largest absolute Gasteiger partial charge is 0.439 e. The summed E-state index contributed by atoms with van der Waals surface area (Å²) in [6.07, 6.45) is 0. The van der Waals surface area contributed by atoms with Crippen LogP contribution >= 0.6 is 8.38 Å². The highest BCUT2D eigenvalue weighted by Gasteiger charge is 2.09.